The van der Waals surface area contributed by atoms with Gasteiger partial charge in [-0.3, -0.25) is 0 Å². The van der Waals surface area contributed by atoms with Gasteiger partial charge in [-0.25, -0.2) is 0 Å². The average Bonchev–Trinajstić information content (AvgIpc) is 2.29. The predicted octanol–water partition coefficient (Wildman–Crippen LogP) is 2.63. The molecular formula is C11H11ClN2O2. The van der Waals surface area contributed by atoms with Crippen LogP contribution < -0.4 is 4.74 Å². The number of rotatable bonds is 4. The van der Waals surface area contributed by atoms with Gasteiger partial charge in [-0.2, -0.15) is 5.26 Å². The lowest BCUT2D eigenvalue weighted by atomic mass is 10.3. The van der Waals surface area contributed by atoms with Crippen LogP contribution in [0.15, 0.2) is 29.3 Å². The summed E-state index contributed by atoms with van der Waals surface area (Å²) in [7, 11) is 0. The molecule has 84 valence electrons. The molecule has 0 aliphatic carbocycles. The number of ether oxygens (including phenoxy) is 2. The maximum atomic E-state index is 8.41. The van der Waals surface area contributed by atoms with Gasteiger partial charge in [-0.15, -0.1) is 4.99 Å². The van der Waals surface area contributed by atoms with Crippen LogP contribution in [0, 0.1) is 11.5 Å². The van der Waals surface area contributed by atoms with Crippen LogP contribution in [-0.4, -0.2) is 19.1 Å². The van der Waals surface area contributed by atoms with Gasteiger partial charge in [0.05, 0.1) is 6.61 Å². The van der Waals surface area contributed by atoms with Crippen LogP contribution in [0.4, 0.5) is 0 Å². The van der Waals surface area contributed by atoms with Crippen molar-refractivity contribution < 1.29 is 9.47 Å². The summed E-state index contributed by atoms with van der Waals surface area (Å²) in [5.41, 5.74) is 0. The zero-order valence-corrected chi connectivity index (χ0v) is 9.57. The van der Waals surface area contributed by atoms with E-state index >= 15 is 0 Å². The van der Waals surface area contributed by atoms with Crippen LogP contribution in [0.5, 0.6) is 5.75 Å². The summed E-state index contributed by atoms with van der Waals surface area (Å²) in [6, 6.07) is 6.91. The van der Waals surface area contributed by atoms with E-state index in [1.54, 1.807) is 30.5 Å². The SMILES string of the molecule is CCO/C(COc1ccc(Cl)cc1)=N\C#N. The molecule has 0 saturated carbocycles. The molecule has 0 heterocycles. The quantitative estimate of drug-likeness (QED) is 0.460. The van der Waals surface area contributed by atoms with Gasteiger partial charge in [0.15, 0.2) is 6.61 Å². The lowest BCUT2D eigenvalue weighted by Crippen LogP contribution is -2.15. The first-order valence-corrected chi connectivity index (χ1v) is 5.11. The topological polar surface area (TPSA) is 54.6 Å². The Morgan fingerprint density at radius 2 is 2.12 bits per heavy atom. The molecule has 0 N–H and O–H groups in total. The monoisotopic (exact) mass is 238 g/mol. The smallest absolute Gasteiger partial charge is 0.237 e. The van der Waals surface area contributed by atoms with E-state index < -0.39 is 0 Å². The molecular weight excluding hydrogens is 228 g/mol. The Morgan fingerprint density at radius 3 is 2.69 bits per heavy atom. The maximum Gasteiger partial charge on any atom is 0.237 e. The van der Waals surface area contributed by atoms with E-state index in [-0.39, 0.29) is 12.5 Å². The normalized spacial score (nSPS) is 10.7. The van der Waals surface area contributed by atoms with Crippen molar-refractivity contribution in [1.82, 2.24) is 0 Å². The zero-order valence-electron chi connectivity index (χ0n) is 8.81. The minimum absolute atomic E-state index is 0.128. The molecule has 0 unspecified atom stereocenters. The molecule has 0 aliphatic heterocycles. The summed E-state index contributed by atoms with van der Waals surface area (Å²) in [6.45, 7) is 2.39. The minimum atomic E-state index is 0.128. The third-order valence-electron chi connectivity index (χ3n) is 1.66. The first kappa shape index (κ1) is 12.3. The summed E-state index contributed by atoms with van der Waals surface area (Å²) in [5.74, 6) is 0.912. The average molecular weight is 239 g/mol. The molecule has 5 heteroatoms. The Hall–Kier alpha value is -1.73. The number of nitriles is 1. The summed E-state index contributed by atoms with van der Waals surface area (Å²) >= 11 is 5.73. The Balaban J connectivity index is 2.53. The summed E-state index contributed by atoms with van der Waals surface area (Å²) in [5, 5.41) is 9.05. The molecule has 16 heavy (non-hydrogen) atoms. The molecule has 0 saturated heterocycles. The van der Waals surface area contributed by atoms with Gasteiger partial charge >= 0.3 is 0 Å². The van der Waals surface area contributed by atoms with E-state index in [2.05, 4.69) is 4.99 Å². The minimum Gasteiger partial charge on any atom is -0.484 e. The van der Waals surface area contributed by atoms with Crippen molar-refractivity contribution >= 4 is 17.5 Å². The van der Waals surface area contributed by atoms with Crippen molar-refractivity contribution in [2.45, 2.75) is 6.92 Å². The molecule has 0 aromatic heterocycles. The largest absolute Gasteiger partial charge is 0.484 e. The number of hydrogen-bond donors (Lipinski definition) is 0. The zero-order chi connectivity index (χ0) is 11.8. The summed E-state index contributed by atoms with van der Waals surface area (Å²) in [4.78, 5) is 3.50. The van der Waals surface area contributed by atoms with Gasteiger partial charge in [-0.05, 0) is 31.2 Å². The molecule has 4 nitrogen and oxygen atoms in total. The second-order valence-corrected chi connectivity index (χ2v) is 3.22. The number of aliphatic imine (C=N–C) groups is 1. The summed E-state index contributed by atoms with van der Waals surface area (Å²) in [6.07, 6.45) is 1.66. The van der Waals surface area contributed by atoms with Gasteiger partial charge in [0.2, 0.25) is 12.1 Å². The van der Waals surface area contributed by atoms with Crippen molar-refractivity contribution in [2.75, 3.05) is 13.2 Å². The predicted molar refractivity (Wildman–Crippen MR) is 61.6 cm³/mol. The van der Waals surface area contributed by atoms with Gasteiger partial charge in [0.25, 0.3) is 0 Å². The van der Waals surface area contributed by atoms with E-state index in [1.165, 1.54) is 0 Å². The molecule has 0 amide bonds. The Labute approximate surface area is 99.1 Å². The molecule has 1 rings (SSSR count). The lowest BCUT2D eigenvalue weighted by Gasteiger charge is -2.07. The highest BCUT2D eigenvalue weighted by atomic mass is 35.5. The van der Waals surface area contributed by atoms with E-state index in [9.17, 15) is 0 Å². The highest BCUT2D eigenvalue weighted by molar-refractivity contribution is 6.30. The maximum absolute atomic E-state index is 8.41. The van der Waals surface area contributed by atoms with Gasteiger partial charge in [0.1, 0.15) is 5.75 Å². The highest BCUT2D eigenvalue weighted by Gasteiger charge is 2.01. The Bertz CT molecular complexity index is 395. The Kier molecular flexibility index (Phi) is 5.17. The van der Waals surface area contributed by atoms with Gasteiger partial charge < -0.3 is 9.47 Å². The van der Waals surface area contributed by atoms with Gasteiger partial charge in [-0.1, -0.05) is 11.6 Å². The fourth-order valence-corrected chi connectivity index (χ4v) is 1.13. The molecule has 1 aromatic rings. The molecule has 0 fully saturated rings. The fraction of sp³-hybridized carbons (Fsp3) is 0.273. The molecule has 0 aliphatic rings. The fourth-order valence-electron chi connectivity index (χ4n) is 1.00. The van der Waals surface area contributed by atoms with E-state index in [0.717, 1.165) is 0 Å². The van der Waals surface area contributed by atoms with Gasteiger partial charge in [0, 0.05) is 5.02 Å². The molecule has 0 spiro atoms. The van der Waals surface area contributed by atoms with Crippen LogP contribution in [0.3, 0.4) is 0 Å². The van der Waals surface area contributed by atoms with Crippen molar-refractivity contribution in [3.63, 3.8) is 0 Å². The standard InChI is InChI=1S/C11H11ClN2O2/c1-2-15-11(14-8-13)7-16-10-5-3-9(12)4-6-10/h3-6H,2,7H2,1H3/b14-11-. The molecule has 1 aromatic carbocycles. The first-order chi connectivity index (χ1) is 7.76. The molecule has 0 bridgehead atoms. The van der Waals surface area contributed by atoms with Crippen LogP contribution >= 0.6 is 11.6 Å². The van der Waals surface area contributed by atoms with Crippen LogP contribution in [0.1, 0.15) is 6.92 Å². The number of halogens is 1. The lowest BCUT2D eigenvalue weighted by molar-refractivity contribution is 0.276. The van der Waals surface area contributed by atoms with E-state index in [1.807, 2.05) is 6.92 Å². The second-order valence-electron chi connectivity index (χ2n) is 2.78. The second kappa shape index (κ2) is 6.70. The number of hydrogen-bond acceptors (Lipinski definition) is 4. The third kappa shape index (κ3) is 4.20. The molecule has 0 atom stereocenters. The van der Waals surface area contributed by atoms with Crippen molar-refractivity contribution in [2.24, 2.45) is 4.99 Å². The highest BCUT2D eigenvalue weighted by Crippen LogP contribution is 2.15. The van der Waals surface area contributed by atoms with Crippen LogP contribution in [0.25, 0.3) is 0 Å². The Morgan fingerprint density at radius 1 is 1.44 bits per heavy atom. The van der Waals surface area contributed by atoms with Crippen LogP contribution in [-0.2, 0) is 4.74 Å². The third-order valence-corrected chi connectivity index (χ3v) is 1.91. The van der Waals surface area contributed by atoms with E-state index in [0.29, 0.717) is 17.4 Å². The van der Waals surface area contributed by atoms with Crippen molar-refractivity contribution in [3.05, 3.63) is 29.3 Å². The number of benzene rings is 1. The summed E-state index contributed by atoms with van der Waals surface area (Å²) < 4.78 is 10.5. The number of nitrogens with zero attached hydrogens (tertiary/aromatic N) is 2. The molecule has 0 radical (unpaired) electrons. The van der Waals surface area contributed by atoms with Crippen molar-refractivity contribution in [1.29, 1.82) is 5.26 Å². The van der Waals surface area contributed by atoms with Crippen molar-refractivity contribution in [3.8, 4) is 11.9 Å². The van der Waals surface area contributed by atoms with E-state index in [4.69, 9.17) is 26.3 Å². The first-order valence-electron chi connectivity index (χ1n) is 4.73. The van der Waals surface area contributed by atoms with Crippen LogP contribution in [0.2, 0.25) is 5.02 Å².